The Labute approximate surface area is 122 Å². The Morgan fingerprint density at radius 1 is 1.25 bits per heavy atom. The number of aromatic nitrogens is 2. The van der Waals surface area contributed by atoms with Crippen molar-refractivity contribution in [1.82, 2.24) is 15.3 Å². The maximum Gasteiger partial charge on any atom is 0.232 e. The third-order valence-electron chi connectivity index (χ3n) is 3.62. The molecule has 1 aliphatic rings. The number of hydrogen-bond donors (Lipinski definition) is 1. The Bertz CT molecular complexity index is 376. The van der Waals surface area contributed by atoms with E-state index in [0.717, 1.165) is 18.7 Å². The summed E-state index contributed by atoms with van der Waals surface area (Å²) < 4.78 is 5.79. The van der Waals surface area contributed by atoms with Crippen LogP contribution in [0.25, 0.3) is 0 Å². The smallest absolute Gasteiger partial charge is 0.232 e. The number of rotatable bonds is 10. The summed E-state index contributed by atoms with van der Waals surface area (Å²) in [6, 6.07) is 0.705. The van der Waals surface area contributed by atoms with Crippen LogP contribution in [0.2, 0.25) is 0 Å². The largest absolute Gasteiger partial charge is 0.474 e. The van der Waals surface area contributed by atoms with Gasteiger partial charge in [0.05, 0.1) is 24.2 Å². The molecule has 4 nitrogen and oxygen atoms in total. The van der Waals surface area contributed by atoms with E-state index in [1.54, 1.807) is 6.20 Å². The summed E-state index contributed by atoms with van der Waals surface area (Å²) in [5, 5.41) is 3.43. The molecule has 0 radical (unpaired) electrons. The van der Waals surface area contributed by atoms with Crippen LogP contribution >= 0.6 is 0 Å². The fraction of sp³-hybridized carbons (Fsp3) is 0.750. The molecule has 1 atom stereocenters. The Kier molecular flexibility index (Phi) is 6.25. The molecular formula is C16H27N3O. The first-order valence-electron chi connectivity index (χ1n) is 7.99. The van der Waals surface area contributed by atoms with Crippen LogP contribution < -0.4 is 10.1 Å². The van der Waals surface area contributed by atoms with E-state index in [-0.39, 0.29) is 6.10 Å². The van der Waals surface area contributed by atoms with Gasteiger partial charge >= 0.3 is 0 Å². The van der Waals surface area contributed by atoms with E-state index in [0.29, 0.717) is 11.9 Å². The number of hydrogen-bond acceptors (Lipinski definition) is 4. The molecule has 1 unspecified atom stereocenters. The quantitative estimate of drug-likeness (QED) is 0.665. The summed E-state index contributed by atoms with van der Waals surface area (Å²) in [5.41, 5.74) is 0.986. The molecule has 1 fully saturated rings. The topological polar surface area (TPSA) is 47.0 Å². The first kappa shape index (κ1) is 15.2. The predicted octanol–water partition coefficient (Wildman–Crippen LogP) is 3.47. The SMILES string of the molecule is CCCCCCC(C)Oc1cnc(CNC2CC2)cn1. The van der Waals surface area contributed by atoms with Crippen molar-refractivity contribution in [2.24, 2.45) is 0 Å². The van der Waals surface area contributed by atoms with Crippen LogP contribution in [0.4, 0.5) is 0 Å². The zero-order valence-electron chi connectivity index (χ0n) is 12.8. The number of nitrogens with one attached hydrogen (secondary N) is 1. The third kappa shape index (κ3) is 5.87. The van der Waals surface area contributed by atoms with Gasteiger partial charge in [-0.25, -0.2) is 4.98 Å². The zero-order chi connectivity index (χ0) is 14.2. The van der Waals surface area contributed by atoms with Crippen LogP contribution in [-0.4, -0.2) is 22.1 Å². The number of ether oxygens (including phenoxy) is 1. The lowest BCUT2D eigenvalue weighted by Gasteiger charge is -2.13. The highest BCUT2D eigenvalue weighted by molar-refractivity contribution is 5.07. The van der Waals surface area contributed by atoms with Gasteiger partial charge in [0.2, 0.25) is 5.88 Å². The van der Waals surface area contributed by atoms with Gasteiger partial charge in [0.1, 0.15) is 0 Å². The highest BCUT2D eigenvalue weighted by Gasteiger charge is 2.20. The molecule has 1 saturated carbocycles. The minimum Gasteiger partial charge on any atom is -0.474 e. The molecular weight excluding hydrogens is 250 g/mol. The molecule has 0 aliphatic heterocycles. The molecule has 0 saturated heterocycles. The van der Waals surface area contributed by atoms with Gasteiger partial charge in [-0.2, -0.15) is 0 Å². The zero-order valence-corrected chi connectivity index (χ0v) is 12.8. The summed E-state index contributed by atoms with van der Waals surface area (Å²) in [6.45, 7) is 5.15. The molecule has 1 aromatic heterocycles. The second kappa shape index (κ2) is 8.20. The minimum atomic E-state index is 0.219. The minimum absolute atomic E-state index is 0.219. The maximum atomic E-state index is 5.79. The molecule has 1 aliphatic carbocycles. The Balaban J connectivity index is 1.66. The third-order valence-corrected chi connectivity index (χ3v) is 3.62. The standard InChI is InChI=1S/C16H27N3O/c1-3-4-5-6-7-13(2)20-16-12-18-15(11-19-16)10-17-14-8-9-14/h11-14,17H,3-10H2,1-2H3. The highest BCUT2D eigenvalue weighted by atomic mass is 16.5. The summed E-state index contributed by atoms with van der Waals surface area (Å²) >= 11 is 0. The van der Waals surface area contributed by atoms with E-state index < -0.39 is 0 Å². The molecule has 1 heterocycles. The molecule has 0 amide bonds. The summed E-state index contributed by atoms with van der Waals surface area (Å²) in [6.07, 6.45) is 12.6. The van der Waals surface area contributed by atoms with E-state index in [2.05, 4.69) is 29.1 Å². The van der Waals surface area contributed by atoms with Crippen molar-refractivity contribution in [2.45, 2.75) is 77.5 Å². The van der Waals surface area contributed by atoms with Crippen LogP contribution in [0.3, 0.4) is 0 Å². The van der Waals surface area contributed by atoms with Crippen molar-refractivity contribution in [2.75, 3.05) is 0 Å². The van der Waals surface area contributed by atoms with Crippen LogP contribution in [0.5, 0.6) is 5.88 Å². The molecule has 112 valence electrons. The lowest BCUT2D eigenvalue weighted by atomic mass is 10.1. The predicted molar refractivity (Wildman–Crippen MR) is 80.7 cm³/mol. The lowest BCUT2D eigenvalue weighted by molar-refractivity contribution is 0.197. The Morgan fingerprint density at radius 2 is 2.10 bits per heavy atom. The van der Waals surface area contributed by atoms with Gasteiger partial charge in [0.25, 0.3) is 0 Å². The second-order valence-corrected chi connectivity index (χ2v) is 5.78. The molecule has 0 bridgehead atoms. The number of unbranched alkanes of at least 4 members (excludes halogenated alkanes) is 3. The van der Waals surface area contributed by atoms with E-state index in [1.807, 2.05) is 6.20 Å². The van der Waals surface area contributed by atoms with Crippen molar-refractivity contribution < 1.29 is 4.74 Å². The molecule has 1 N–H and O–H groups in total. The average Bonchev–Trinajstić information content (AvgIpc) is 3.27. The summed E-state index contributed by atoms with van der Waals surface area (Å²) in [4.78, 5) is 8.73. The van der Waals surface area contributed by atoms with Gasteiger partial charge in [0, 0.05) is 12.6 Å². The fourth-order valence-electron chi connectivity index (χ4n) is 2.16. The molecule has 1 aromatic rings. The molecule has 0 spiro atoms. The summed E-state index contributed by atoms with van der Waals surface area (Å²) in [5.74, 6) is 0.642. The van der Waals surface area contributed by atoms with Gasteiger partial charge in [0.15, 0.2) is 0 Å². The Morgan fingerprint density at radius 3 is 2.75 bits per heavy atom. The lowest BCUT2D eigenvalue weighted by Crippen LogP contribution is -2.17. The van der Waals surface area contributed by atoms with E-state index in [1.165, 1.54) is 38.5 Å². The molecule has 0 aromatic carbocycles. The van der Waals surface area contributed by atoms with Crippen LogP contribution in [0.1, 0.15) is 64.5 Å². The van der Waals surface area contributed by atoms with E-state index in [9.17, 15) is 0 Å². The normalized spacial score (nSPS) is 16.1. The van der Waals surface area contributed by atoms with E-state index in [4.69, 9.17) is 4.74 Å². The van der Waals surface area contributed by atoms with Crippen LogP contribution in [0.15, 0.2) is 12.4 Å². The van der Waals surface area contributed by atoms with Gasteiger partial charge in [-0.1, -0.05) is 26.2 Å². The monoisotopic (exact) mass is 277 g/mol. The number of nitrogens with zero attached hydrogens (tertiary/aromatic N) is 2. The molecule has 20 heavy (non-hydrogen) atoms. The molecule has 2 rings (SSSR count). The average molecular weight is 277 g/mol. The van der Waals surface area contributed by atoms with Crippen molar-refractivity contribution in [3.63, 3.8) is 0 Å². The van der Waals surface area contributed by atoms with Crippen LogP contribution in [0, 0.1) is 0 Å². The fourth-order valence-corrected chi connectivity index (χ4v) is 2.16. The second-order valence-electron chi connectivity index (χ2n) is 5.78. The molecule has 4 heteroatoms. The summed E-state index contributed by atoms with van der Waals surface area (Å²) in [7, 11) is 0. The van der Waals surface area contributed by atoms with Crippen LogP contribution in [-0.2, 0) is 6.54 Å². The van der Waals surface area contributed by atoms with Gasteiger partial charge < -0.3 is 10.1 Å². The first-order valence-corrected chi connectivity index (χ1v) is 7.99. The maximum absolute atomic E-state index is 5.79. The van der Waals surface area contributed by atoms with E-state index >= 15 is 0 Å². The van der Waals surface area contributed by atoms with Gasteiger partial charge in [-0.05, 0) is 32.6 Å². The Hall–Kier alpha value is -1.16. The van der Waals surface area contributed by atoms with Crippen molar-refractivity contribution >= 4 is 0 Å². The van der Waals surface area contributed by atoms with Crippen molar-refractivity contribution in [3.8, 4) is 5.88 Å². The van der Waals surface area contributed by atoms with Crippen molar-refractivity contribution in [3.05, 3.63) is 18.1 Å². The van der Waals surface area contributed by atoms with Crippen molar-refractivity contribution in [1.29, 1.82) is 0 Å². The first-order chi connectivity index (χ1) is 9.78. The highest BCUT2D eigenvalue weighted by Crippen LogP contribution is 2.19. The van der Waals surface area contributed by atoms with Gasteiger partial charge in [-0.15, -0.1) is 0 Å². The van der Waals surface area contributed by atoms with Gasteiger partial charge in [-0.3, -0.25) is 4.98 Å².